The fraction of sp³-hybridized carbons (Fsp3) is 0.400. The van der Waals surface area contributed by atoms with Crippen LogP contribution < -0.4 is 5.32 Å². The molecule has 1 atom stereocenters. The van der Waals surface area contributed by atoms with E-state index in [1.54, 1.807) is 0 Å². The number of hydrogen-bond donors (Lipinski definition) is 1. The summed E-state index contributed by atoms with van der Waals surface area (Å²) >= 11 is 0. The van der Waals surface area contributed by atoms with E-state index in [4.69, 9.17) is 5.10 Å². The first-order valence-electron chi connectivity index (χ1n) is 9.26. The maximum Gasteiger partial charge on any atom is 0.160 e. The lowest BCUT2D eigenvalue weighted by Crippen LogP contribution is -2.19. The number of nitrogens with one attached hydrogen (secondary N) is 1. The number of nitrogens with zero attached hydrogens (tertiary/aromatic N) is 4. The highest BCUT2D eigenvalue weighted by Gasteiger charge is 2.23. The topological polar surface area (TPSA) is 47.7 Å². The third-order valence-corrected chi connectivity index (χ3v) is 5.50. The van der Waals surface area contributed by atoms with Gasteiger partial charge in [0.15, 0.2) is 5.82 Å². The number of benzene rings is 1. The van der Waals surface area contributed by atoms with Gasteiger partial charge in [-0.15, -0.1) is 0 Å². The molecule has 1 aliphatic carbocycles. The molecule has 0 spiro atoms. The minimum Gasteiger partial charge on any atom is -0.326 e. The minimum absolute atomic E-state index is 0.465. The van der Waals surface area contributed by atoms with E-state index >= 15 is 0 Å². The Morgan fingerprint density at radius 3 is 3.04 bits per heavy atom. The zero-order valence-corrected chi connectivity index (χ0v) is 14.4. The maximum absolute atomic E-state index is 4.85. The van der Waals surface area contributed by atoms with Crippen LogP contribution in [0.5, 0.6) is 0 Å². The van der Waals surface area contributed by atoms with Crippen molar-refractivity contribution in [2.75, 3.05) is 6.54 Å². The predicted molar refractivity (Wildman–Crippen MR) is 97.3 cm³/mol. The Morgan fingerprint density at radius 1 is 1.16 bits per heavy atom. The van der Waals surface area contributed by atoms with Crippen molar-refractivity contribution in [2.45, 2.75) is 44.8 Å². The number of aryl methyl sites for hydroxylation is 2. The molecule has 1 aromatic carbocycles. The first-order chi connectivity index (χ1) is 12.4. The molecule has 0 amide bonds. The summed E-state index contributed by atoms with van der Waals surface area (Å²) in [7, 11) is 0. The molecule has 0 radical (unpaired) electrons. The molecule has 2 aliphatic rings. The van der Waals surface area contributed by atoms with Gasteiger partial charge in [-0.1, -0.05) is 24.3 Å². The maximum atomic E-state index is 4.85. The van der Waals surface area contributed by atoms with Gasteiger partial charge >= 0.3 is 0 Å². The van der Waals surface area contributed by atoms with Crippen LogP contribution in [0.4, 0.5) is 0 Å². The lowest BCUT2D eigenvalue weighted by molar-refractivity contribution is 0.445. The van der Waals surface area contributed by atoms with E-state index in [0.29, 0.717) is 6.04 Å². The lowest BCUT2D eigenvalue weighted by Gasteiger charge is -2.26. The van der Waals surface area contributed by atoms with Crippen molar-refractivity contribution in [3.05, 3.63) is 59.5 Å². The van der Waals surface area contributed by atoms with E-state index in [-0.39, 0.29) is 0 Å². The highest BCUT2D eigenvalue weighted by molar-refractivity contribution is 5.51. The molecule has 2 aromatic heterocycles. The highest BCUT2D eigenvalue weighted by atomic mass is 15.3. The molecule has 5 heteroatoms. The van der Waals surface area contributed by atoms with Crippen LogP contribution in [0.3, 0.4) is 0 Å². The fourth-order valence-electron chi connectivity index (χ4n) is 4.19. The standard InChI is InChI=1S/C20H23N5/c1-2-5-16-12-17(7-6-15(16)4-1)24-11-9-22-20(24)19-13-18-14-21-8-3-10-25(18)23-19/h1-2,4-5,9,11,13,17,21H,3,6-8,10,12,14H2. The Hall–Kier alpha value is -2.40. The molecule has 5 nitrogen and oxygen atoms in total. The molecule has 1 aliphatic heterocycles. The molecule has 1 unspecified atom stereocenters. The summed E-state index contributed by atoms with van der Waals surface area (Å²) in [5.41, 5.74) is 5.24. The van der Waals surface area contributed by atoms with Gasteiger partial charge < -0.3 is 9.88 Å². The second-order valence-corrected chi connectivity index (χ2v) is 7.10. The van der Waals surface area contributed by atoms with Gasteiger partial charge in [0.25, 0.3) is 0 Å². The van der Waals surface area contributed by atoms with Gasteiger partial charge in [-0.05, 0) is 49.4 Å². The highest BCUT2D eigenvalue weighted by Crippen LogP contribution is 2.32. The first kappa shape index (κ1) is 14.9. The molecule has 128 valence electrons. The SMILES string of the molecule is c1ccc2c(c1)CCC(n1ccnc1-c1cc3n(n1)CCCNC3)C2. The van der Waals surface area contributed by atoms with Crippen molar-refractivity contribution in [1.82, 2.24) is 24.6 Å². The van der Waals surface area contributed by atoms with Crippen LogP contribution in [-0.4, -0.2) is 25.9 Å². The number of fused-ring (bicyclic) bond motifs is 2. The largest absolute Gasteiger partial charge is 0.326 e. The molecule has 25 heavy (non-hydrogen) atoms. The van der Waals surface area contributed by atoms with Crippen LogP contribution in [0.2, 0.25) is 0 Å². The molecule has 0 saturated heterocycles. The lowest BCUT2D eigenvalue weighted by atomic mass is 9.88. The van der Waals surface area contributed by atoms with Crippen molar-refractivity contribution in [2.24, 2.45) is 0 Å². The summed E-state index contributed by atoms with van der Waals surface area (Å²) in [6.07, 6.45) is 8.55. The van der Waals surface area contributed by atoms with E-state index in [1.807, 2.05) is 6.20 Å². The predicted octanol–water partition coefficient (Wildman–Crippen LogP) is 2.97. The molecule has 0 saturated carbocycles. The van der Waals surface area contributed by atoms with Crippen molar-refractivity contribution in [3.63, 3.8) is 0 Å². The second-order valence-electron chi connectivity index (χ2n) is 7.10. The summed E-state index contributed by atoms with van der Waals surface area (Å²) in [6, 6.07) is 11.5. The smallest absolute Gasteiger partial charge is 0.160 e. The van der Waals surface area contributed by atoms with Crippen molar-refractivity contribution in [1.29, 1.82) is 0 Å². The summed E-state index contributed by atoms with van der Waals surface area (Å²) in [4.78, 5) is 4.65. The zero-order valence-electron chi connectivity index (χ0n) is 14.4. The van der Waals surface area contributed by atoms with Gasteiger partial charge in [-0.2, -0.15) is 5.10 Å². The summed E-state index contributed by atoms with van der Waals surface area (Å²) in [5, 5.41) is 8.31. The van der Waals surface area contributed by atoms with E-state index in [1.165, 1.54) is 16.8 Å². The Kier molecular flexibility index (Phi) is 3.67. The average molecular weight is 333 g/mol. The van der Waals surface area contributed by atoms with Crippen LogP contribution in [-0.2, 0) is 25.9 Å². The van der Waals surface area contributed by atoms with Gasteiger partial charge in [-0.3, -0.25) is 4.68 Å². The van der Waals surface area contributed by atoms with Gasteiger partial charge in [0.1, 0.15) is 5.69 Å². The quantitative estimate of drug-likeness (QED) is 0.784. The van der Waals surface area contributed by atoms with Crippen molar-refractivity contribution >= 4 is 0 Å². The van der Waals surface area contributed by atoms with Gasteiger partial charge in [0.2, 0.25) is 0 Å². The van der Waals surface area contributed by atoms with Crippen LogP contribution in [0.1, 0.15) is 35.7 Å². The molecule has 0 fully saturated rings. The fourth-order valence-corrected chi connectivity index (χ4v) is 4.19. The number of imidazole rings is 1. The zero-order chi connectivity index (χ0) is 16.6. The molecule has 1 N–H and O–H groups in total. The number of hydrogen-bond acceptors (Lipinski definition) is 3. The third kappa shape index (κ3) is 2.68. The van der Waals surface area contributed by atoms with E-state index in [0.717, 1.165) is 56.8 Å². The molecule has 0 bridgehead atoms. The Balaban J connectivity index is 1.47. The van der Waals surface area contributed by atoms with Gasteiger partial charge in [-0.25, -0.2) is 4.98 Å². The normalized spacial score (nSPS) is 19.9. The molecule has 5 rings (SSSR count). The summed E-state index contributed by atoms with van der Waals surface area (Å²) < 4.78 is 4.48. The van der Waals surface area contributed by atoms with Crippen LogP contribution >= 0.6 is 0 Å². The van der Waals surface area contributed by atoms with Crippen LogP contribution in [0.25, 0.3) is 11.5 Å². The number of rotatable bonds is 2. The van der Waals surface area contributed by atoms with E-state index < -0.39 is 0 Å². The monoisotopic (exact) mass is 333 g/mol. The van der Waals surface area contributed by atoms with Gasteiger partial charge in [0, 0.05) is 31.5 Å². The van der Waals surface area contributed by atoms with Crippen LogP contribution in [0, 0.1) is 0 Å². The Labute approximate surface area is 147 Å². The first-order valence-corrected chi connectivity index (χ1v) is 9.26. The average Bonchev–Trinajstić information content (AvgIpc) is 3.23. The van der Waals surface area contributed by atoms with Crippen molar-refractivity contribution < 1.29 is 0 Å². The third-order valence-electron chi connectivity index (χ3n) is 5.50. The molecule has 3 heterocycles. The molecular formula is C20H23N5. The Bertz CT molecular complexity index is 868. The molecular weight excluding hydrogens is 310 g/mol. The molecule has 3 aromatic rings. The summed E-state index contributed by atoms with van der Waals surface area (Å²) in [6.45, 7) is 2.94. The van der Waals surface area contributed by atoms with E-state index in [2.05, 4.69) is 56.1 Å². The number of aromatic nitrogens is 4. The minimum atomic E-state index is 0.465. The second kappa shape index (κ2) is 6.15. The van der Waals surface area contributed by atoms with Crippen LogP contribution in [0.15, 0.2) is 42.7 Å². The summed E-state index contributed by atoms with van der Waals surface area (Å²) in [5.74, 6) is 1.00. The van der Waals surface area contributed by atoms with E-state index in [9.17, 15) is 0 Å². The van der Waals surface area contributed by atoms with Gasteiger partial charge in [0.05, 0.1) is 5.69 Å². The van der Waals surface area contributed by atoms with Crippen molar-refractivity contribution in [3.8, 4) is 11.5 Å². The Morgan fingerprint density at radius 2 is 2.08 bits per heavy atom.